The number of hydrogen-bond acceptors (Lipinski definition) is 5. The standard InChI is InChI=1S/C13H22N4O/c1-2-3-7-14-13-15-8-6-12(17-13)16-10-11-5-4-9-18-11/h6,8,11H,2-5,7,9-10H2,1H3,(H2,14,15,16,17). The highest BCUT2D eigenvalue weighted by Gasteiger charge is 2.14. The zero-order valence-electron chi connectivity index (χ0n) is 11.0. The molecule has 1 saturated heterocycles. The number of nitrogens with one attached hydrogen (secondary N) is 2. The third-order valence-electron chi connectivity index (χ3n) is 3.00. The van der Waals surface area contributed by atoms with Crippen LogP contribution < -0.4 is 10.6 Å². The highest BCUT2D eigenvalue weighted by molar-refractivity contribution is 5.39. The van der Waals surface area contributed by atoms with Gasteiger partial charge in [0.1, 0.15) is 5.82 Å². The van der Waals surface area contributed by atoms with Gasteiger partial charge in [-0.15, -0.1) is 0 Å². The molecule has 2 N–H and O–H groups in total. The van der Waals surface area contributed by atoms with Crippen LogP contribution in [0.3, 0.4) is 0 Å². The molecule has 2 heterocycles. The van der Waals surface area contributed by atoms with Crippen LogP contribution in [0.25, 0.3) is 0 Å². The minimum atomic E-state index is 0.330. The minimum Gasteiger partial charge on any atom is -0.376 e. The van der Waals surface area contributed by atoms with Gasteiger partial charge >= 0.3 is 0 Å². The summed E-state index contributed by atoms with van der Waals surface area (Å²) in [5.74, 6) is 1.56. The minimum absolute atomic E-state index is 0.330. The number of nitrogens with zero attached hydrogens (tertiary/aromatic N) is 2. The molecule has 18 heavy (non-hydrogen) atoms. The van der Waals surface area contributed by atoms with Crippen molar-refractivity contribution in [1.29, 1.82) is 0 Å². The Balaban J connectivity index is 1.78. The average molecular weight is 250 g/mol. The van der Waals surface area contributed by atoms with E-state index in [0.29, 0.717) is 12.1 Å². The zero-order valence-corrected chi connectivity index (χ0v) is 11.0. The second-order valence-corrected chi connectivity index (χ2v) is 4.56. The molecule has 0 saturated carbocycles. The first kappa shape index (κ1) is 13.1. The van der Waals surface area contributed by atoms with Gasteiger partial charge in [-0.2, -0.15) is 4.98 Å². The van der Waals surface area contributed by atoms with Gasteiger partial charge in [-0.05, 0) is 25.3 Å². The van der Waals surface area contributed by atoms with Crippen molar-refractivity contribution in [3.63, 3.8) is 0 Å². The van der Waals surface area contributed by atoms with E-state index in [1.165, 1.54) is 12.8 Å². The molecule has 0 amide bonds. The zero-order chi connectivity index (χ0) is 12.6. The average Bonchev–Trinajstić information content (AvgIpc) is 2.90. The number of aromatic nitrogens is 2. The highest BCUT2D eigenvalue weighted by Crippen LogP contribution is 2.13. The molecule has 1 fully saturated rings. The Bertz CT molecular complexity index is 353. The second-order valence-electron chi connectivity index (χ2n) is 4.56. The first-order valence-electron chi connectivity index (χ1n) is 6.81. The van der Waals surface area contributed by atoms with Crippen LogP contribution in [0.2, 0.25) is 0 Å². The summed E-state index contributed by atoms with van der Waals surface area (Å²) in [6.45, 7) is 4.80. The third kappa shape index (κ3) is 4.14. The lowest BCUT2D eigenvalue weighted by molar-refractivity contribution is 0.120. The largest absolute Gasteiger partial charge is 0.376 e. The Morgan fingerprint density at radius 3 is 3.17 bits per heavy atom. The van der Waals surface area contributed by atoms with Crippen molar-refractivity contribution >= 4 is 11.8 Å². The van der Waals surface area contributed by atoms with Crippen molar-refractivity contribution < 1.29 is 4.74 Å². The molecule has 0 radical (unpaired) electrons. The van der Waals surface area contributed by atoms with Crippen molar-refractivity contribution in [2.45, 2.75) is 38.7 Å². The van der Waals surface area contributed by atoms with E-state index < -0.39 is 0 Å². The summed E-state index contributed by atoms with van der Waals surface area (Å²) >= 11 is 0. The van der Waals surface area contributed by atoms with Crippen LogP contribution in [0, 0.1) is 0 Å². The summed E-state index contributed by atoms with van der Waals surface area (Å²) < 4.78 is 5.56. The van der Waals surface area contributed by atoms with Crippen molar-refractivity contribution in [3.05, 3.63) is 12.3 Å². The maximum absolute atomic E-state index is 5.56. The summed E-state index contributed by atoms with van der Waals surface area (Å²) in [6, 6.07) is 1.89. The van der Waals surface area contributed by atoms with E-state index >= 15 is 0 Å². The summed E-state index contributed by atoms with van der Waals surface area (Å²) in [5.41, 5.74) is 0. The summed E-state index contributed by atoms with van der Waals surface area (Å²) in [6.07, 6.45) is 6.72. The van der Waals surface area contributed by atoms with Gasteiger partial charge in [-0.3, -0.25) is 0 Å². The third-order valence-corrected chi connectivity index (χ3v) is 3.00. The molecule has 1 unspecified atom stereocenters. The SMILES string of the molecule is CCCCNc1nccc(NCC2CCCO2)n1. The molecule has 5 heteroatoms. The van der Waals surface area contributed by atoms with Gasteiger partial charge in [0, 0.05) is 25.9 Å². The summed E-state index contributed by atoms with van der Waals surface area (Å²) in [4.78, 5) is 8.61. The van der Waals surface area contributed by atoms with Crippen LogP contribution in [0.15, 0.2) is 12.3 Å². The van der Waals surface area contributed by atoms with Crippen LogP contribution in [0.1, 0.15) is 32.6 Å². The Morgan fingerprint density at radius 2 is 2.39 bits per heavy atom. The predicted octanol–water partition coefficient (Wildman–Crippen LogP) is 2.28. The highest BCUT2D eigenvalue weighted by atomic mass is 16.5. The Hall–Kier alpha value is -1.36. The monoisotopic (exact) mass is 250 g/mol. The lowest BCUT2D eigenvalue weighted by atomic mass is 10.2. The first-order chi connectivity index (χ1) is 8.88. The summed E-state index contributed by atoms with van der Waals surface area (Å²) in [5, 5.41) is 6.52. The van der Waals surface area contributed by atoms with Gasteiger partial charge in [-0.25, -0.2) is 4.98 Å². The van der Waals surface area contributed by atoms with Crippen molar-refractivity contribution in [1.82, 2.24) is 9.97 Å². The molecule has 1 aromatic heterocycles. The van der Waals surface area contributed by atoms with Crippen molar-refractivity contribution in [3.8, 4) is 0 Å². The Labute approximate surface area is 108 Å². The van der Waals surface area contributed by atoms with Crippen LogP contribution in [-0.2, 0) is 4.74 Å². The fourth-order valence-corrected chi connectivity index (χ4v) is 1.94. The molecule has 0 aliphatic carbocycles. The van der Waals surface area contributed by atoms with E-state index in [9.17, 15) is 0 Å². The smallest absolute Gasteiger partial charge is 0.224 e. The van der Waals surface area contributed by atoms with Gasteiger partial charge in [0.15, 0.2) is 0 Å². The van der Waals surface area contributed by atoms with E-state index in [1.807, 2.05) is 6.07 Å². The molecule has 5 nitrogen and oxygen atoms in total. The van der Waals surface area contributed by atoms with Gasteiger partial charge < -0.3 is 15.4 Å². The van der Waals surface area contributed by atoms with Crippen LogP contribution in [0.4, 0.5) is 11.8 Å². The molecule has 1 aliphatic heterocycles. The van der Waals surface area contributed by atoms with E-state index in [2.05, 4.69) is 27.5 Å². The number of unbranched alkanes of at least 4 members (excludes halogenated alkanes) is 1. The molecule has 100 valence electrons. The first-order valence-corrected chi connectivity index (χ1v) is 6.81. The lowest BCUT2D eigenvalue weighted by Gasteiger charge is -2.11. The molecule has 0 aromatic carbocycles. The van der Waals surface area contributed by atoms with Gasteiger partial charge in [0.2, 0.25) is 5.95 Å². The van der Waals surface area contributed by atoms with Crippen LogP contribution in [0.5, 0.6) is 0 Å². The number of anilines is 2. The molecule has 0 spiro atoms. The Morgan fingerprint density at radius 1 is 1.44 bits per heavy atom. The van der Waals surface area contributed by atoms with Crippen LogP contribution >= 0.6 is 0 Å². The molecular weight excluding hydrogens is 228 g/mol. The van der Waals surface area contributed by atoms with Crippen molar-refractivity contribution in [2.75, 3.05) is 30.3 Å². The Kier molecular flexibility index (Phi) is 5.20. The topological polar surface area (TPSA) is 59.1 Å². The lowest BCUT2D eigenvalue weighted by Crippen LogP contribution is -2.19. The van der Waals surface area contributed by atoms with E-state index in [0.717, 1.165) is 38.4 Å². The van der Waals surface area contributed by atoms with E-state index in [1.54, 1.807) is 6.20 Å². The molecular formula is C13H22N4O. The fraction of sp³-hybridized carbons (Fsp3) is 0.692. The number of ether oxygens (including phenoxy) is 1. The molecule has 1 atom stereocenters. The van der Waals surface area contributed by atoms with Crippen LogP contribution in [-0.4, -0.2) is 35.8 Å². The fourth-order valence-electron chi connectivity index (χ4n) is 1.94. The predicted molar refractivity (Wildman–Crippen MR) is 72.9 cm³/mol. The van der Waals surface area contributed by atoms with Crippen molar-refractivity contribution in [2.24, 2.45) is 0 Å². The number of hydrogen-bond donors (Lipinski definition) is 2. The molecule has 1 aromatic rings. The second kappa shape index (κ2) is 7.16. The van der Waals surface area contributed by atoms with Gasteiger partial charge in [-0.1, -0.05) is 13.3 Å². The van der Waals surface area contributed by atoms with Gasteiger partial charge in [0.25, 0.3) is 0 Å². The molecule has 0 bridgehead atoms. The molecule has 1 aliphatic rings. The van der Waals surface area contributed by atoms with Gasteiger partial charge in [0.05, 0.1) is 6.10 Å². The maximum Gasteiger partial charge on any atom is 0.224 e. The normalized spacial score (nSPS) is 18.8. The number of rotatable bonds is 7. The van der Waals surface area contributed by atoms with E-state index in [-0.39, 0.29) is 0 Å². The summed E-state index contributed by atoms with van der Waals surface area (Å²) in [7, 11) is 0. The molecule has 2 rings (SSSR count). The maximum atomic E-state index is 5.56. The van der Waals surface area contributed by atoms with E-state index in [4.69, 9.17) is 4.74 Å². The quantitative estimate of drug-likeness (QED) is 0.727.